The number of carbonyl (C=O) groups excluding carboxylic acids is 1. The molecule has 0 aliphatic carbocycles. The van der Waals surface area contributed by atoms with E-state index in [9.17, 15) is 18.0 Å². The number of nitrogens with one attached hydrogen (secondary N) is 1. The molecule has 10 heteroatoms. The Morgan fingerprint density at radius 1 is 1.14 bits per heavy atom. The minimum absolute atomic E-state index is 0.175. The highest BCUT2D eigenvalue weighted by molar-refractivity contribution is 6.04. The van der Waals surface area contributed by atoms with E-state index >= 15 is 0 Å². The molecular formula is C19H17F3N4O3. The summed E-state index contributed by atoms with van der Waals surface area (Å²) >= 11 is 0. The molecular weight excluding hydrogens is 389 g/mol. The Hall–Kier alpha value is -3.56. The first-order valence-corrected chi connectivity index (χ1v) is 8.56. The second kappa shape index (κ2) is 9.09. The number of aromatic nitrogens is 3. The Labute approximate surface area is 164 Å². The van der Waals surface area contributed by atoms with Gasteiger partial charge in [0.2, 0.25) is 5.88 Å². The monoisotopic (exact) mass is 406 g/mol. The maximum absolute atomic E-state index is 12.3. The van der Waals surface area contributed by atoms with Crippen LogP contribution in [0.15, 0.2) is 61.1 Å². The van der Waals surface area contributed by atoms with Crippen LogP contribution in [0.4, 0.5) is 18.9 Å². The van der Waals surface area contributed by atoms with E-state index in [-0.39, 0.29) is 11.4 Å². The van der Waals surface area contributed by atoms with Crippen molar-refractivity contribution < 1.29 is 27.4 Å². The van der Waals surface area contributed by atoms with Crippen LogP contribution in [0.2, 0.25) is 0 Å². The smallest absolute Gasteiger partial charge is 0.422 e. The van der Waals surface area contributed by atoms with Gasteiger partial charge in [0.05, 0.1) is 12.1 Å². The van der Waals surface area contributed by atoms with Crippen molar-refractivity contribution in [3.05, 3.63) is 66.6 Å². The average molecular weight is 406 g/mol. The first kappa shape index (κ1) is 20.2. The summed E-state index contributed by atoms with van der Waals surface area (Å²) in [7, 11) is 0. The molecule has 0 aliphatic heterocycles. The van der Waals surface area contributed by atoms with E-state index in [0.29, 0.717) is 24.6 Å². The number of ether oxygens (including phenoxy) is 2. The number of rotatable bonds is 8. The minimum Gasteiger partial charge on any atom is -0.492 e. The SMILES string of the molecule is O=C(Nc1cccc(OCCn2cccn2)c1)c1ccc(OCC(F)(F)F)nc1. The van der Waals surface area contributed by atoms with Gasteiger partial charge in [-0.15, -0.1) is 0 Å². The molecule has 0 fully saturated rings. The molecule has 0 spiro atoms. The Kier molecular flexibility index (Phi) is 6.32. The third-order valence-electron chi connectivity index (χ3n) is 3.62. The second-order valence-corrected chi connectivity index (χ2v) is 5.89. The summed E-state index contributed by atoms with van der Waals surface area (Å²) in [5.41, 5.74) is 0.679. The lowest BCUT2D eigenvalue weighted by Gasteiger charge is -2.10. The van der Waals surface area contributed by atoms with Gasteiger partial charge in [-0.3, -0.25) is 9.48 Å². The predicted octanol–water partition coefficient (Wildman–Crippen LogP) is 3.55. The lowest BCUT2D eigenvalue weighted by atomic mass is 10.2. The molecule has 2 heterocycles. The molecule has 29 heavy (non-hydrogen) atoms. The Morgan fingerprint density at radius 3 is 2.69 bits per heavy atom. The molecule has 0 unspecified atom stereocenters. The molecule has 1 N–H and O–H groups in total. The van der Waals surface area contributed by atoms with Crippen molar-refractivity contribution in [1.29, 1.82) is 0 Å². The van der Waals surface area contributed by atoms with E-state index in [2.05, 4.69) is 20.1 Å². The summed E-state index contributed by atoms with van der Waals surface area (Å²) in [6.45, 7) is -0.459. The maximum Gasteiger partial charge on any atom is 0.422 e. The fourth-order valence-corrected chi connectivity index (χ4v) is 2.31. The third-order valence-corrected chi connectivity index (χ3v) is 3.62. The summed E-state index contributed by atoms with van der Waals surface area (Å²) in [6, 6.07) is 11.2. The normalized spacial score (nSPS) is 11.1. The number of anilines is 1. The van der Waals surface area contributed by atoms with Gasteiger partial charge in [-0.2, -0.15) is 18.3 Å². The molecule has 0 saturated carbocycles. The number of pyridine rings is 1. The fourth-order valence-electron chi connectivity index (χ4n) is 2.31. The predicted molar refractivity (Wildman–Crippen MR) is 97.9 cm³/mol. The molecule has 1 amide bonds. The van der Waals surface area contributed by atoms with Gasteiger partial charge in [0.15, 0.2) is 6.61 Å². The minimum atomic E-state index is -4.46. The Balaban J connectivity index is 1.53. The standard InChI is InChI=1S/C19H17F3N4O3/c20-19(21,22)13-29-17-6-5-14(12-23-17)18(27)25-15-3-1-4-16(11-15)28-10-9-26-8-2-7-24-26/h1-8,11-12H,9-10,13H2,(H,25,27). The lowest BCUT2D eigenvalue weighted by molar-refractivity contribution is -0.154. The number of halogens is 3. The third kappa shape index (κ3) is 6.52. The van der Waals surface area contributed by atoms with Crippen LogP contribution in [0.25, 0.3) is 0 Å². The summed E-state index contributed by atoms with van der Waals surface area (Å²) in [5, 5.41) is 6.76. The molecule has 2 aromatic heterocycles. The van der Waals surface area contributed by atoms with Crippen LogP contribution >= 0.6 is 0 Å². The number of carbonyl (C=O) groups is 1. The van der Waals surface area contributed by atoms with Crippen molar-refractivity contribution in [3.63, 3.8) is 0 Å². The molecule has 7 nitrogen and oxygen atoms in total. The largest absolute Gasteiger partial charge is 0.492 e. The first-order chi connectivity index (χ1) is 13.9. The van der Waals surface area contributed by atoms with Crippen molar-refractivity contribution in [3.8, 4) is 11.6 Å². The quantitative estimate of drug-likeness (QED) is 0.619. The highest BCUT2D eigenvalue weighted by Crippen LogP contribution is 2.19. The molecule has 0 atom stereocenters. The van der Waals surface area contributed by atoms with Crippen LogP contribution in [-0.2, 0) is 6.54 Å². The topological polar surface area (TPSA) is 78.3 Å². The van der Waals surface area contributed by atoms with Crippen LogP contribution in [0.3, 0.4) is 0 Å². The highest BCUT2D eigenvalue weighted by Gasteiger charge is 2.28. The van der Waals surface area contributed by atoms with Gasteiger partial charge in [-0.1, -0.05) is 6.07 Å². The van der Waals surface area contributed by atoms with Crippen molar-refractivity contribution in [2.45, 2.75) is 12.7 Å². The number of amides is 1. The molecule has 3 aromatic rings. The van der Waals surface area contributed by atoms with Gasteiger partial charge >= 0.3 is 6.18 Å². The van der Waals surface area contributed by atoms with E-state index in [1.807, 2.05) is 12.3 Å². The van der Waals surface area contributed by atoms with E-state index in [0.717, 1.165) is 6.20 Å². The Morgan fingerprint density at radius 2 is 2.00 bits per heavy atom. The second-order valence-electron chi connectivity index (χ2n) is 5.89. The van der Waals surface area contributed by atoms with Gasteiger partial charge in [-0.25, -0.2) is 4.98 Å². The number of hydrogen-bond acceptors (Lipinski definition) is 5. The highest BCUT2D eigenvalue weighted by atomic mass is 19.4. The van der Waals surface area contributed by atoms with Crippen LogP contribution in [0.1, 0.15) is 10.4 Å². The van der Waals surface area contributed by atoms with Gasteiger partial charge in [0, 0.05) is 36.4 Å². The number of hydrogen-bond donors (Lipinski definition) is 1. The number of alkyl halides is 3. The lowest BCUT2D eigenvalue weighted by Crippen LogP contribution is -2.19. The summed E-state index contributed by atoms with van der Waals surface area (Å²) < 4.78 is 48.3. The summed E-state index contributed by atoms with van der Waals surface area (Å²) in [4.78, 5) is 16.0. The molecule has 0 bridgehead atoms. The van der Waals surface area contributed by atoms with E-state index in [4.69, 9.17) is 4.74 Å². The zero-order valence-corrected chi connectivity index (χ0v) is 15.1. The van der Waals surface area contributed by atoms with Gasteiger partial charge in [0.1, 0.15) is 12.4 Å². The van der Waals surface area contributed by atoms with Crippen LogP contribution < -0.4 is 14.8 Å². The van der Waals surface area contributed by atoms with Crippen LogP contribution in [0, 0.1) is 0 Å². The van der Waals surface area contributed by atoms with Crippen molar-refractivity contribution in [2.24, 2.45) is 0 Å². The van der Waals surface area contributed by atoms with E-state index < -0.39 is 18.7 Å². The molecule has 0 radical (unpaired) electrons. The van der Waals surface area contributed by atoms with Crippen LogP contribution in [0.5, 0.6) is 11.6 Å². The first-order valence-electron chi connectivity index (χ1n) is 8.56. The summed E-state index contributed by atoms with van der Waals surface area (Å²) in [6.07, 6.45) is 0.197. The van der Waals surface area contributed by atoms with E-state index in [1.165, 1.54) is 12.1 Å². The van der Waals surface area contributed by atoms with Crippen LogP contribution in [-0.4, -0.2) is 40.1 Å². The van der Waals surface area contributed by atoms with Crippen molar-refractivity contribution >= 4 is 11.6 Å². The average Bonchev–Trinajstić information content (AvgIpc) is 3.20. The Bertz CT molecular complexity index is 929. The van der Waals surface area contributed by atoms with Crippen molar-refractivity contribution in [2.75, 3.05) is 18.5 Å². The van der Waals surface area contributed by atoms with Gasteiger partial charge in [-0.05, 0) is 24.3 Å². The zero-order chi connectivity index (χ0) is 20.7. The maximum atomic E-state index is 12.3. The zero-order valence-electron chi connectivity index (χ0n) is 15.1. The van der Waals surface area contributed by atoms with Gasteiger partial charge in [0.25, 0.3) is 5.91 Å². The number of benzene rings is 1. The molecule has 0 aliphatic rings. The van der Waals surface area contributed by atoms with E-state index in [1.54, 1.807) is 35.1 Å². The molecule has 152 valence electrons. The summed E-state index contributed by atoms with van der Waals surface area (Å²) in [5.74, 6) is -0.107. The number of nitrogens with zero attached hydrogens (tertiary/aromatic N) is 3. The molecule has 3 rings (SSSR count). The molecule has 1 aromatic carbocycles. The van der Waals surface area contributed by atoms with Gasteiger partial charge < -0.3 is 14.8 Å². The fraction of sp³-hybridized carbons (Fsp3) is 0.211. The molecule has 0 saturated heterocycles. The van der Waals surface area contributed by atoms with Crippen molar-refractivity contribution in [1.82, 2.24) is 14.8 Å².